The first-order valence-electron chi connectivity index (χ1n) is 9.72. The first-order valence-corrected chi connectivity index (χ1v) is 9.72. The molecule has 3 saturated heterocycles. The zero-order chi connectivity index (χ0) is 20.7. The third-order valence-electron chi connectivity index (χ3n) is 5.93. The predicted octanol–water partition coefficient (Wildman–Crippen LogP) is -1.53. The van der Waals surface area contributed by atoms with Crippen LogP contribution in [0.1, 0.15) is 23.3 Å². The molecule has 156 valence electrons. The van der Waals surface area contributed by atoms with E-state index in [1.54, 1.807) is 34.8 Å². The summed E-state index contributed by atoms with van der Waals surface area (Å²) in [5.41, 5.74) is 0.497. The minimum absolute atomic E-state index is 0.0784. The molecule has 4 atom stereocenters. The maximum absolute atomic E-state index is 13.4. The number of nitrogens with zero attached hydrogens (tertiary/aromatic N) is 3. The number of nitrogens with one attached hydrogen (secondary N) is 2. The second-order valence-electron chi connectivity index (χ2n) is 7.79. The number of carbonyl (C=O) groups is 4. The standard InChI is InChI=1S/C19H25N5O5/c1-22-6-3-4-13(22)18(27)23-7-5-12-16(23)19(28)24-9-11(20-15(25)10-29-2)8-14(24)17(26)21-12/h3-4,6,11-12,14,16H,5,7-10H2,1-2H3,(H,20,25)(H,21,26)/t11-,12-,14+,16-/m0/s1. The molecule has 0 unspecified atom stereocenters. The van der Waals surface area contributed by atoms with Gasteiger partial charge in [0.2, 0.25) is 17.7 Å². The largest absolute Gasteiger partial charge is 0.375 e. The lowest BCUT2D eigenvalue weighted by molar-refractivity contribution is -0.138. The molecular weight excluding hydrogens is 378 g/mol. The molecule has 10 heteroatoms. The van der Waals surface area contributed by atoms with Gasteiger partial charge in [-0.1, -0.05) is 0 Å². The highest BCUT2D eigenvalue weighted by Crippen LogP contribution is 2.30. The molecule has 29 heavy (non-hydrogen) atoms. The summed E-state index contributed by atoms with van der Waals surface area (Å²) in [6, 6.07) is 1.39. The van der Waals surface area contributed by atoms with E-state index in [1.807, 2.05) is 0 Å². The summed E-state index contributed by atoms with van der Waals surface area (Å²) in [6.07, 6.45) is 2.66. The Bertz CT molecular complexity index is 852. The van der Waals surface area contributed by atoms with Crippen LogP contribution in [-0.4, -0.2) is 89.0 Å². The Balaban J connectivity index is 1.55. The lowest BCUT2D eigenvalue weighted by atomic mass is 10.1. The molecule has 0 bridgehead atoms. The smallest absolute Gasteiger partial charge is 0.271 e. The number of aryl methyl sites for hydroxylation is 1. The Morgan fingerprint density at radius 3 is 2.83 bits per heavy atom. The van der Waals surface area contributed by atoms with Gasteiger partial charge in [-0.3, -0.25) is 19.2 Å². The van der Waals surface area contributed by atoms with E-state index >= 15 is 0 Å². The maximum atomic E-state index is 13.4. The zero-order valence-electron chi connectivity index (χ0n) is 16.5. The topological polar surface area (TPSA) is 113 Å². The van der Waals surface area contributed by atoms with Gasteiger partial charge in [0.1, 0.15) is 24.4 Å². The monoisotopic (exact) mass is 403 g/mol. The molecule has 0 radical (unpaired) electrons. The third kappa shape index (κ3) is 3.37. The van der Waals surface area contributed by atoms with Crippen LogP contribution in [0, 0.1) is 0 Å². The molecule has 4 heterocycles. The van der Waals surface area contributed by atoms with Gasteiger partial charge in [-0.25, -0.2) is 0 Å². The second-order valence-corrected chi connectivity index (χ2v) is 7.79. The van der Waals surface area contributed by atoms with Crippen molar-refractivity contribution in [3.05, 3.63) is 24.0 Å². The highest BCUT2D eigenvalue weighted by molar-refractivity contribution is 6.00. The number of amides is 4. The molecule has 1 aromatic rings. The number of hydrogen-bond donors (Lipinski definition) is 2. The molecule has 3 fully saturated rings. The van der Waals surface area contributed by atoms with Gasteiger partial charge in [0.15, 0.2) is 0 Å². The van der Waals surface area contributed by atoms with Crippen molar-refractivity contribution in [3.63, 3.8) is 0 Å². The van der Waals surface area contributed by atoms with Crippen LogP contribution < -0.4 is 10.6 Å². The number of ether oxygens (including phenoxy) is 1. The molecule has 4 amide bonds. The molecule has 3 aliphatic rings. The zero-order valence-corrected chi connectivity index (χ0v) is 16.5. The molecular formula is C19H25N5O5. The number of aromatic nitrogens is 1. The number of hydrogen-bond acceptors (Lipinski definition) is 5. The highest BCUT2D eigenvalue weighted by atomic mass is 16.5. The molecule has 0 aliphatic carbocycles. The number of carbonyl (C=O) groups excluding carboxylic acids is 4. The van der Waals surface area contributed by atoms with Crippen LogP contribution in [0.2, 0.25) is 0 Å². The van der Waals surface area contributed by atoms with E-state index in [9.17, 15) is 19.2 Å². The summed E-state index contributed by atoms with van der Waals surface area (Å²) >= 11 is 0. The van der Waals surface area contributed by atoms with Crippen molar-refractivity contribution < 1.29 is 23.9 Å². The normalized spacial score (nSPS) is 28.6. The first-order chi connectivity index (χ1) is 13.9. The summed E-state index contributed by atoms with van der Waals surface area (Å²) in [4.78, 5) is 54.1. The van der Waals surface area contributed by atoms with Gasteiger partial charge in [-0.2, -0.15) is 0 Å². The minimum Gasteiger partial charge on any atom is -0.375 e. The van der Waals surface area contributed by atoms with Crippen molar-refractivity contribution in [2.45, 2.75) is 37.0 Å². The first kappa shape index (κ1) is 19.4. The third-order valence-corrected chi connectivity index (χ3v) is 5.93. The van der Waals surface area contributed by atoms with Crippen molar-refractivity contribution in [1.29, 1.82) is 0 Å². The summed E-state index contributed by atoms with van der Waals surface area (Å²) < 4.78 is 6.54. The van der Waals surface area contributed by atoms with Crippen molar-refractivity contribution in [2.24, 2.45) is 7.05 Å². The SMILES string of the molecule is COCC(=O)N[C@H]1C[C@@H]2C(=O)N[C@H]3CCN(C(=O)c4cccn4C)[C@@H]3C(=O)N2C1. The van der Waals surface area contributed by atoms with E-state index in [-0.39, 0.29) is 42.8 Å². The van der Waals surface area contributed by atoms with Crippen LogP contribution in [0.25, 0.3) is 0 Å². The average molecular weight is 403 g/mol. The van der Waals surface area contributed by atoms with E-state index in [0.29, 0.717) is 25.1 Å². The lowest BCUT2D eigenvalue weighted by Crippen LogP contribution is -2.53. The number of rotatable bonds is 4. The summed E-state index contributed by atoms with van der Waals surface area (Å²) in [7, 11) is 3.21. The quantitative estimate of drug-likeness (QED) is 0.633. The van der Waals surface area contributed by atoms with Crippen molar-refractivity contribution in [1.82, 2.24) is 25.0 Å². The molecule has 0 aromatic carbocycles. The van der Waals surface area contributed by atoms with E-state index in [4.69, 9.17) is 4.74 Å². The van der Waals surface area contributed by atoms with Gasteiger partial charge in [0.05, 0.1) is 6.04 Å². The van der Waals surface area contributed by atoms with Crippen LogP contribution in [0.5, 0.6) is 0 Å². The average Bonchev–Trinajstić information content (AvgIpc) is 3.38. The lowest BCUT2D eigenvalue weighted by Gasteiger charge is -2.29. The van der Waals surface area contributed by atoms with Gasteiger partial charge >= 0.3 is 0 Å². The molecule has 10 nitrogen and oxygen atoms in total. The van der Waals surface area contributed by atoms with E-state index < -0.39 is 18.1 Å². The van der Waals surface area contributed by atoms with Crippen molar-refractivity contribution in [3.8, 4) is 0 Å². The number of methoxy groups -OCH3 is 1. The Labute approximate surface area is 168 Å². The minimum atomic E-state index is -0.736. The van der Waals surface area contributed by atoms with E-state index in [2.05, 4.69) is 10.6 Å². The summed E-state index contributed by atoms with van der Waals surface area (Å²) in [6.45, 7) is 0.560. The second kappa shape index (κ2) is 7.51. The Morgan fingerprint density at radius 1 is 1.34 bits per heavy atom. The fourth-order valence-corrected chi connectivity index (χ4v) is 4.59. The maximum Gasteiger partial charge on any atom is 0.271 e. The molecule has 2 N–H and O–H groups in total. The van der Waals surface area contributed by atoms with Gasteiger partial charge in [-0.05, 0) is 25.0 Å². The Morgan fingerprint density at radius 2 is 2.14 bits per heavy atom. The van der Waals surface area contributed by atoms with Gasteiger partial charge in [0.25, 0.3) is 5.91 Å². The van der Waals surface area contributed by atoms with Crippen LogP contribution in [0.3, 0.4) is 0 Å². The van der Waals surface area contributed by atoms with Crippen LogP contribution >= 0.6 is 0 Å². The number of likely N-dealkylation sites (tertiary alicyclic amines) is 1. The summed E-state index contributed by atoms with van der Waals surface area (Å²) in [5, 5.41) is 5.75. The van der Waals surface area contributed by atoms with Crippen LogP contribution in [0.4, 0.5) is 0 Å². The highest BCUT2D eigenvalue weighted by Gasteiger charge is 2.52. The van der Waals surface area contributed by atoms with E-state index in [1.165, 1.54) is 12.0 Å². The predicted molar refractivity (Wildman–Crippen MR) is 101 cm³/mol. The van der Waals surface area contributed by atoms with Gasteiger partial charge in [-0.15, -0.1) is 0 Å². The van der Waals surface area contributed by atoms with Gasteiger partial charge < -0.3 is 29.7 Å². The van der Waals surface area contributed by atoms with Crippen LogP contribution in [-0.2, 0) is 26.2 Å². The fourth-order valence-electron chi connectivity index (χ4n) is 4.59. The molecule has 3 aliphatic heterocycles. The van der Waals surface area contributed by atoms with E-state index in [0.717, 1.165) is 0 Å². The van der Waals surface area contributed by atoms with Crippen molar-refractivity contribution in [2.75, 3.05) is 26.8 Å². The Kier molecular flexibility index (Phi) is 5.03. The molecule has 1 aromatic heterocycles. The molecule has 0 saturated carbocycles. The summed E-state index contributed by atoms with van der Waals surface area (Å²) in [5.74, 6) is -0.998. The van der Waals surface area contributed by atoms with Crippen LogP contribution in [0.15, 0.2) is 18.3 Å². The fraction of sp³-hybridized carbons (Fsp3) is 0.579. The molecule has 4 rings (SSSR count). The number of fused-ring (bicyclic) bond motifs is 2. The van der Waals surface area contributed by atoms with Crippen molar-refractivity contribution >= 4 is 23.6 Å². The van der Waals surface area contributed by atoms with Gasteiger partial charge in [0, 0.05) is 39.5 Å². The Hall–Kier alpha value is -2.88. The molecule has 0 spiro atoms.